The van der Waals surface area contributed by atoms with Gasteiger partial charge in [0, 0.05) is 7.11 Å². The summed E-state index contributed by atoms with van der Waals surface area (Å²) in [7, 11) is 1.79. The summed E-state index contributed by atoms with van der Waals surface area (Å²) in [5.41, 5.74) is 1.04. The fraction of sp³-hybridized carbons (Fsp3) is 0.667. The summed E-state index contributed by atoms with van der Waals surface area (Å²) in [6.45, 7) is 10.4. The minimum Gasteiger partial charge on any atom is -0.494 e. The summed E-state index contributed by atoms with van der Waals surface area (Å²) in [6.07, 6.45) is 3.09. The molecule has 0 spiro atoms. The maximum atomic E-state index is 5.80. The van der Waals surface area contributed by atoms with Gasteiger partial charge in [-0.25, -0.2) is 0 Å². The van der Waals surface area contributed by atoms with Crippen LogP contribution in [0.5, 0.6) is 5.75 Å². The number of nitrogens with one attached hydrogen (secondary N) is 1. The molecule has 1 aromatic rings. The first-order chi connectivity index (χ1) is 10.1. The summed E-state index contributed by atoms with van der Waals surface area (Å²) in [5, 5.41) is 3.62. The molecule has 0 heterocycles. The third kappa shape index (κ3) is 5.01. The molecule has 0 aliphatic carbocycles. The monoisotopic (exact) mass is 293 g/mol. The average Bonchev–Trinajstić information content (AvgIpc) is 2.54. The summed E-state index contributed by atoms with van der Waals surface area (Å²) in [4.78, 5) is 0. The minimum atomic E-state index is -0.207. The molecule has 1 N–H and O–H groups in total. The first kappa shape index (κ1) is 18.0. The first-order valence-electron chi connectivity index (χ1n) is 8.12. The Morgan fingerprint density at radius 1 is 1.10 bits per heavy atom. The molecule has 3 nitrogen and oxygen atoms in total. The third-order valence-corrected chi connectivity index (χ3v) is 4.06. The van der Waals surface area contributed by atoms with Crippen LogP contribution in [0.2, 0.25) is 0 Å². The number of hydrogen-bond donors (Lipinski definition) is 1. The van der Waals surface area contributed by atoms with Crippen molar-refractivity contribution in [3.63, 3.8) is 0 Å². The van der Waals surface area contributed by atoms with Crippen molar-refractivity contribution in [1.82, 2.24) is 5.32 Å². The molecule has 0 radical (unpaired) electrons. The highest BCUT2D eigenvalue weighted by Gasteiger charge is 2.33. The number of hydrogen-bond acceptors (Lipinski definition) is 3. The maximum Gasteiger partial charge on any atom is 0.119 e. The molecule has 0 saturated carbocycles. The third-order valence-electron chi connectivity index (χ3n) is 4.06. The number of benzene rings is 1. The average molecular weight is 293 g/mol. The molecular weight excluding hydrogens is 262 g/mol. The molecule has 3 heteroatoms. The lowest BCUT2D eigenvalue weighted by Crippen LogP contribution is -2.43. The van der Waals surface area contributed by atoms with Crippen molar-refractivity contribution < 1.29 is 9.47 Å². The van der Waals surface area contributed by atoms with E-state index in [0.717, 1.165) is 38.2 Å². The predicted molar refractivity (Wildman–Crippen MR) is 89.0 cm³/mol. The summed E-state index contributed by atoms with van der Waals surface area (Å²) in [5.74, 6) is 0.936. The van der Waals surface area contributed by atoms with E-state index in [9.17, 15) is 0 Å². The predicted octanol–water partition coefficient (Wildman–Crippen LogP) is 4.33. The molecule has 120 valence electrons. The van der Waals surface area contributed by atoms with Crippen molar-refractivity contribution in [1.29, 1.82) is 0 Å². The zero-order valence-corrected chi connectivity index (χ0v) is 14.2. The zero-order chi connectivity index (χ0) is 15.7. The van der Waals surface area contributed by atoms with Gasteiger partial charge in [-0.05, 0) is 50.4 Å². The van der Waals surface area contributed by atoms with Crippen LogP contribution >= 0.6 is 0 Å². The molecule has 1 rings (SSSR count). The highest BCUT2D eigenvalue weighted by molar-refractivity contribution is 5.30. The highest BCUT2D eigenvalue weighted by Crippen LogP contribution is 2.32. The van der Waals surface area contributed by atoms with Crippen LogP contribution in [0, 0.1) is 0 Å². The van der Waals surface area contributed by atoms with Crippen LogP contribution in [0.1, 0.15) is 58.6 Å². The van der Waals surface area contributed by atoms with E-state index in [1.54, 1.807) is 7.11 Å². The molecule has 2 unspecified atom stereocenters. The van der Waals surface area contributed by atoms with E-state index in [-0.39, 0.29) is 11.6 Å². The van der Waals surface area contributed by atoms with Crippen LogP contribution in [-0.4, -0.2) is 25.9 Å². The number of rotatable bonds is 10. The second-order valence-electron chi connectivity index (χ2n) is 5.67. The molecule has 2 atom stereocenters. The van der Waals surface area contributed by atoms with Crippen LogP contribution in [0.4, 0.5) is 0 Å². The van der Waals surface area contributed by atoms with Gasteiger partial charge in [0.25, 0.3) is 0 Å². The highest BCUT2D eigenvalue weighted by atomic mass is 16.5. The Morgan fingerprint density at radius 3 is 2.24 bits per heavy atom. The lowest BCUT2D eigenvalue weighted by atomic mass is 9.87. The normalized spacial score (nSPS) is 15.5. The lowest BCUT2D eigenvalue weighted by Gasteiger charge is -2.37. The molecule has 0 aliphatic heterocycles. The largest absolute Gasteiger partial charge is 0.494 e. The molecule has 0 aromatic heterocycles. The van der Waals surface area contributed by atoms with E-state index in [4.69, 9.17) is 9.47 Å². The standard InChI is InChI=1S/C18H31NO2/c1-6-13-19-17(18(4,8-3)20-5)15-9-11-16(12-10-15)21-14-7-2/h9-12,17,19H,6-8,13-14H2,1-5H3. The van der Waals surface area contributed by atoms with E-state index in [1.807, 2.05) is 0 Å². The van der Waals surface area contributed by atoms with Gasteiger partial charge in [-0.2, -0.15) is 0 Å². The number of methoxy groups -OCH3 is 1. The molecule has 0 bridgehead atoms. The fourth-order valence-corrected chi connectivity index (χ4v) is 2.42. The van der Waals surface area contributed by atoms with Crippen molar-refractivity contribution in [2.24, 2.45) is 0 Å². The van der Waals surface area contributed by atoms with E-state index >= 15 is 0 Å². The zero-order valence-electron chi connectivity index (χ0n) is 14.2. The molecule has 0 saturated heterocycles. The smallest absolute Gasteiger partial charge is 0.119 e. The Morgan fingerprint density at radius 2 is 1.76 bits per heavy atom. The van der Waals surface area contributed by atoms with Crippen molar-refractivity contribution in [2.75, 3.05) is 20.3 Å². The Hall–Kier alpha value is -1.06. The van der Waals surface area contributed by atoms with E-state index < -0.39 is 0 Å². The van der Waals surface area contributed by atoms with E-state index in [2.05, 4.69) is 57.3 Å². The van der Waals surface area contributed by atoms with Crippen LogP contribution < -0.4 is 10.1 Å². The van der Waals surface area contributed by atoms with Crippen LogP contribution in [-0.2, 0) is 4.74 Å². The second-order valence-corrected chi connectivity index (χ2v) is 5.67. The van der Waals surface area contributed by atoms with Gasteiger partial charge in [-0.3, -0.25) is 0 Å². The molecule has 0 fully saturated rings. The van der Waals surface area contributed by atoms with Crippen molar-refractivity contribution in [3.8, 4) is 5.75 Å². The van der Waals surface area contributed by atoms with Gasteiger partial charge in [-0.1, -0.05) is 32.9 Å². The Bertz CT molecular complexity index is 385. The second kappa shape index (κ2) is 9.06. The first-order valence-corrected chi connectivity index (χ1v) is 8.12. The van der Waals surface area contributed by atoms with Gasteiger partial charge < -0.3 is 14.8 Å². The molecule has 0 aliphatic rings. The summed E-state index contributed by atoms with van der Waals surface area (Å²) < 4.78 is 11.5. The van der Waals surface area contributed by atoms with Crippen LogP contribution in [0.25, 0.3) is 0 Å². The van der Waals surface area contributed by atoms with Crippen LogP contribution in [0.3, 0.4) is 0 Å². The Labute approximate surface area is 130 Å². The summed E-state index contributed by atoms with van der Waals surface area (Å²) in [6, 6.07) is 8.58. The molecule has 1 aromatic carbocycles. The minimum absolute atomic E-state index is 0.188. The van der Waals surface area contributed by atoms with Crippen molar-refractivity contribution in [3.05, 3.63) is 29.8 Å². The van der Waals surface area contributed by atoms with Crippen LogP contribution in [0.15, 0.2) is 24.3 Å². The van der Waals surface area contributed by atoms with Gasteiger partial charge in [0.1, 0.15) is 5.75 Å². The van der Waals surface area contributed by atoms with E-state index in [1.165, 1.54) is 5.56 Å². The van der Waals surface area contributed by atoms with Crippen molar-refractivity contribution >= 4 is 0 Å². The SMILES string of the molecule is CCCNC(c1ccc(OCCC)cc1)C(C)(CC)OC. The molecular formula is C18H31NO2. The Kier molecular flexibility index (Phi) is 7.76. The van der Waals surface area contributed by atoms with Gasteiger partial charge in [0.15, 0.2) is 0 Å². The lowest BCUT2D eigenvalue weighted by molar-refractivity contribution is -0.0299. The topological polar surface area (TPSA) is 30.5 Å². The summed E-state index contributed by atoms with van der Waals surface area (Å²) >= 11 is 0. The van der Waals surface area contributed by atoms with E-state index in [0.29, 0.717) is 0 Å². The van der Waals surface area contributed by atoms with Gasteiger partial charge in [0.2, 0.25) is 0 Å². The van der Waals surface area contributed by atoms with Crippen molar-refractivity contribution in [2.45, 2.75) is 58.6 Å². The quantitative estimate of drug-likeness (QED) is 0.696. The van der Waals surface area contributed by atoms with Gasteiger partial charge in [-0.15, -0.1) is 0 Å². The fourth-order valence-electron chi connectivity index (χ4n) is 2.42. The Balaban J connectivity index is 2.92. The number of ether oxygens (including phenoxy) is 2. The van der Waals surface area contributed by atoms with Gasteiger partial charge in [0.05, 0.1) is 18.2 Å². The maximum absolute atomic E-state index is 5.80. The van der Waals surface area contributed by atoms with Gasteiger partial charge >= 0.3 is 0 Å². The molecule has 0 amide bonds. The molecule has 21 heavy (non-hydrogen) atoms.